The summed E-state index contributed by atoms with van der Waals surface area (Å²) in [5.41, 5.74) is 3.41. The molecule has 2 aromatic rings. The number of rotatable bonds is 7. The van der Waals surface area contributed by atoms with Gasteiger partial charge in [0, 0.05) is 19.5 Å². The smallest absolute Gasteiger partial charge is 0.444 e. The van der Waals surface area contributed by atoms with E-state index in [0.717, 1.165) is 68.9 Å². The number of fused-ring (bicyclic) bond motifs is 2. The second-order valence-electron chi connectivity index (χ2n) is 13.0. The van der Waals surface area contributed by atoms with Gasteiger partial charge in [0.1, 0.15) is 12.1 Å². The van der Waals surface area contributed by atoms with Crippen molar-refractivity contribution < 1.29 is 29.2 Å². The van der Waals surface area contributed by atoms with Gasteiger partial charge in [0.05, 0.1) is 18.5 Å². The van der Waals surface area contributed by atoms with Crippen LogP contribution >= 0.6 is 0 Å². The van der Waals surface area contributed by atoms with Crippen LogP contribution in [0.5, 0.6) is 0 Å². The molecule has 0 spiro atoms. The first-order valence-electron chi connectivity index (χ1n) is 17.2. The van der Waals surface area contributed by atoms with Gasteiger partial charge in [-0.05, 0) is 48.9 Å². The van der Waals surface area contributed by atoms with Crippen molar-refractivity contribution in [3.05, 3.63) is 71.3 Å². The number of hydrogen-bond donors (Lipinski definition) is 4. The Bertz CT molecular complexity index is 1270. The molecular weight excluding hydrogens is 583 g/mol. The van der Waals surface area contributed by atoms with E-state index in [2.05, 4.69) is 22.8 Å². The third-order valence-electron chi connectivity index (χ3n) is 9.58. The van der Waals surface area contributed by atoms with E-state index in [0.29, 0.717) is 32.5 Å². The lowest BCUT2D eigenvalue weighted by Gasteiger charge is -2.30. The van der Waals surface area contributed by atoms with Gasteiger partial charge < -0.3 is 30.3 Å². The van der Waals surface area contributed by atoms with Crippen LogP contribution in [-0.2, 0) is 33.8 Å². The fourth-order valence-electron chi connectivity index (χ4n) is 6.95. The standard InChI is InChI=1S/C35H49BN4O6/c41-33-31-22-29(46-35(43)39-23-27-17-11-12-18-28(27)24-39)25-40(31)34(42)30(37-21-13-16-26-14-7-6-8-15-26)19-9-4-2-1-3-5-10-20-32(38-33)36(44)45/h6-8,11-12,14-15,17-18,29-32,37,44-45H,1-5,9-10,13,16,19-25H2,(H,38,41)/t29-,30+,31+,32+/m1/s1. The number of ether oxygens (including phenoxy) is 1. The van der Waals surface area contributed by atoms with Crippen LogP contribution in [0, 0.1) is 0 Å². The Balaban J connectivity index is 1.29. The highest BCUT2D eigenvalue weighted by Gasteiger charge is 2.44. The van der Waals surface area contributed by atoms with Gasteiger partial charge in [0.15, 0.2) is 0 Å². The SMILES string of the molecule is O=C1N[C@H](B(O)O)CCCCCCCCC[C@H](NCCCc2ccccc2)C(=O)N2C[C@H](OC(=O)N3Cc4ccccc4C3)C[C@@H]12. The summed E-state index contributed by atoms with van der Waals surface area (Å²) in [5.74, 6) is -1.47. The number of carbonyl (C=O) groups is 3. The van der Waals surface area contributed by atoms with E-state index in [1.165, 1.54) is 5.56 Å². The van der Waals surface area contributed by atoms with Gasteiger partial charge in [0.2, 0.25) is 11.8 Å². The normalized spacial score (nSPS) is 24.7. The van der Waals surface area contributed by atoms with Gasteiger partial charge in [-0.25, -0.2) is 4.79 Å². The molecule has 2 aromatic carbocycles. The molecule has 5 rings (SSSR count). The number of hydrogen-bond acceptors (Lipinski definition) is 7. The van der Waals surface area contributed by atoms with E-state index in [4.69, 9.17) is 4.74 Å². The number of nitrogens with one attached hydrogen (secondary N) is 2. The molecule has 11 heteroatoms. The number of carbonyl (C=O) groups excluding carboxylic acids is 3. The molecule has 4 atom stereocenters. The zero-order valence-corrected chi connectivity index (χ0v) is 26.8. The summed E-state index contributed by atoms with van der Waals surface area (Å²) in [7, 11) is -1.71. The maximum Gasteiger partial charge on any atom is 0.475 e. The predicted octanol–water partition coefficient (Wildman–Crippen LogP) is 3.72. The van der Waals surface area contributed by atoms with Gasteiger partial charge in [-0.15, -0.1) is 0 Å². The van der Waals surface area contributed by atoms with Crippen molar-refractivity contribution in [2.75, 3.05) is 13.1 Å². The quantitative estimate of drug-likeness (QED) is 0.270. The summed E-state index contributed by atoms with van der Waals surface area (Å²) in [6.07, 6.45) is 8.75. The average molecular weight is 633 g/mol. The minimum Gasteiger partial charge on any atom is -0.444 e. The molecule has 0 radical (unpaired) electrons. The molecule has 2 fully saturated rings. The highest BCUT2D eigenvalue weighted by molar-refractivity contribution is 6.43. The second kappa shape index (κ2) is 16.9. The molecule has 46 heavy (non-hydrogen) atoms. The lowest BCUT2D eigenvalue weighted by atomic mass is 9.76. The number of benzene rings is 2. The largest absolute Gasteiger partial charge is 0.475 e. The Hall–Kier alpha value is -3.41. The van der Waals surface area contributed by atoms with Crippen LogP contribution in [0.4, 0.5) is 4.79 Å². The van der Waals surface area contributed by atoms with Crippen LogP contribution in [0.25, 0.3) is 0 Å². The number of aryl methyl sites for hydroxylation is 1. The number of amides is 3. The maximum absolute atomic E-state index is 14.2. The molecule has 3 heterocycles. The van der Waals surface area contributed by atoms with Crippen molar-refractivity contribution in [3.63, 3.8) is 0 Å². The number of nitrogens with zero attached hydrogens (tertiary/aromatic N) is 2. The molecule has 3 aliphatic heterocycles. The molecule has 4 N–H and O–H groups in total. The molecule has 3 amide bonds. The van der Waals surface area contributed by atoms with Crippen LogP contribution < -0.4 is 10.6 Å². The Morgan fingerprint density at radius 2 is 1.52 bits per heavy atom. The Morgan fingerprint density at radius 1 is 0.891 bits per heavy atom. The first-order chi connectivity index (χ1) is 22.4. The third kappa shape index (κ3) is 9.33. The van der Waals surface area contributed by atoms with Crippen molar-refractivity contribution in [1.29, 1.82) is 0 Å². The van der Waals surface area contributed by atoms with Gasteiger partial charge in [-0.1, -0.05) is 99.5 Å². The molecule has 248 valence electrons. The minimum atomic E-state index is -1.71. The van der Waals surface area contributed by atoms with Crippen molar-refractivity contribution in [2.24, 2.45) is 0 Å². The molecule has 10 nitrogen and oxygen atoms in total. The average Bonchev–Trinajstić information content (AvgIpc) is 3.69. The van der Waals surface area contributed by atoms with E-state index in [9.17, 15) is 24.4 Å². The van der Waals surface area contributed by atoms with Crippen LogP contribution in [0.2, 0.25) is 0 Å². The summed E-state index contributed by atoms with van der Waals surface area (Å²) in [4.78, 5) is 44.3. The summed E-state index contributed by atoms with van der Waals surface area (Å²) >= 11 is 0. The van der Waals surface area contributed by atoms with Crippen molar-refractivity contribution >= 4 is 25.0 Å². The van der Waals surface area contributed by atoms with E-state index < -0.39 is 43.2 Å². The highest BCUT2D eigenvalue weighted by Crippen LogP contribution is 2.27. The lowest BCUT2D eigenvalue weighted by molar-refractivity contribution is -0.140. The second-order valence-corrected chi connectivity index (χ2v) is 13.0. The van der Waals surface area contributed by atoms with E-state index >= 15 is 0 Å². The van der Waals surface area contributed by atoms with E-state index in [-0.39, 0.29) is 18.9 Å². The van der Waals surface area contributed by atoms with Gasteiger partial charge in [-0.3, -0.25) is 14.5 Å². The zero-order chi connectivity index (χ0) is 32.3. The molecule has 2 saturated heterocycles. The molecular formula is C35H49BN4O6. The molecule has 0 aliphatic carbocycles. The first kappa shape index (κ1) is 33.9. The summed E-state index contributed by atoms with van der Waals surface area (Å²) < 4.78 is 5.93. The Labute approximate surface area is 273 Å². The van der Waals surface area contributed by atoms with Crippen LogP contribution in [0.15, 0.2) is 54.6 Å². The molecule has 3 aliphatic rings. The van der Waals surface area contributed by atoms with E-state index in [1.54, 1.807) is 9.80 Å². The predicted molar refractivity (Wildman–Crippen MR) is 176 cm³/mol. The van der Waals surface area contributed by atoms with E-state index in [1.807, 2.05) is 42.5 Å². The van der Waals surface area contributed by atoms with Crippen LogP contribution in [0.3, 0.4) is 0 Å². The van der Waals surface area contributed by atoms with Gasteiger partial charge in [0.25, 0.3) is 0 Å². The molecule has 0 aromatic heterocycles. The summed E-state index contributed by atoms with van der Waals surface area (Å²) in [6, 6.07) is 16.8. The maximum atomic E-state index is 14.2. The van der Waals surface area contributed by atoms with Gasteiger partial charge in [-0.2, -0.15) is 0 Å². The van der Waals surface area contributed by atoms with Crippen molar-refractivity contribution in [1.82, 2.24) is 20.4 Å². The van der Waals surface area contributed by atoms with Crippen molar-refractivity contribution in [3.8, 4) is 0 Å². The monoisotopic (exact) mass is 632 g/mol. The Morgan fingerprint density at radius 3 is 2.20 bits per heavy atom. The minimum absolute atomic E-state index is 0.109. The van der Waals surface area contributed by atoms with Crippen LogP contribution in [0.1, 0.15) is 87.3 Å². The molecule has 0 bridgehead atoms. The van der Waals surface area contributed by atoms with Gasteiger partial charge >= 0.3 is 13.2 Å². The fourth-order valence-corrected chi connectivity index (χ4v) is 6.95. The first-order valence-corrected chi connectivity index (χ1v) is 17.2. The zero-order valence-electron chi connectivity index (χ0n) is 26.8. The summed E-state index contributed by atoms with van der Waals surface area (Å²) in [6.45, 7) is 1.68. The van der Waals surface area contributed by atoms with Crippen molar-refractivity contribution in [2.45, 2.75) is 114 Å². The highest BCUT2D eigenvalue weighted by atomic mass is 16.6. The topological polar surface area (TPSA) is 131 Å². The van der Waals surface area contributed by atoms with Crippen LogP contribution in [-0.4, -0.2) is 82.1 Å². The molecule has 0 unspecified atom stereocenters. The molecule has 0 saturated carbocycles. The fraction of sp³-hybridized carbons (Fsp3) is 0.571. The third-order valence-corrected chi connectivity index (χ3v) is 9.58. The summed E-state index contributed by atoms with van der Waals surface area (Å²) in [5, 5.41) is 26.4. The lowest BCUT2D eigenvalue weighted by Crippen LogP contribution is -2.56. The Kier molecular flexibility index (Phi) is 12.5.